The predicted octanol–water partition coefficient (Wildman–Crippen LogP) is -3.01. The molecule has 0 fully saturated rings. The Morgan fingerprint density at radius 3 is 2.17 bits per heavy atom. The molecule has 0 heterocycles. The second-order valence-electron chi connectivity index (χ2n) is 3.64. The number of rotatable bonds is 4. The first kappa shape index (κ1) is 18.0. The molecule has 96 valence electrons. The van der Waals surface area contributed by atoms with Crippen LogP contribution in [0.5, 0.6) is 0 Å². The van der Waals surface area contributed by atoms with Crippen molar-refractivity contribution in [3.05, 3.63) is 29.8 Å². The molecule has 0 bridgehead atoms. The SMILES string of the molecule is CN(C)S(=O)(=O)c1cccc(CS(=O)(=O)[O-])c1.[Na+]. The molecule has 0 unspecified atom stereocenters. The summed E-state index contributed by atoms with van der Waals surface area (Å²) >= 11 is 0. The van der Waals surface area contributed by atoms with E-state index in [1.807, 2.05) is 0 Å². The molecule has 6 nitrogen and oxygen atoms in total. The van der Waals surface area contributed by atoms with E-state index in [0.717, 1.165) is 4.31 Å². The summed E-state index contributed by atoms with van der Waals surface area (Å²) in [4.78, 5) is -0.0383. The molecule has 0 saturated carbocycles. The van der Waals surface area contributed by atoms with E-state index >= 15 is 0 Å². The minimum absolute atomic E-state index is 0. The van der Waals surface area contributed by atoms with Gasteiger partial charge < -0.3 is 4.55 Å². The topological polar surface area (TPSA) is 94.6 Å². The molecule has 0 aliphatic carbocycles. The van der Waals surface area contributed by atoms with E-state index in [1.54, 1.807) is 0 Å². The largest absolute Gasteiger partial charge is 1.00 e. The normalized spacial score (nSPS) is 12.2. The van der Waals surface area contributed by atoms with Gasteiger partial charge in [0.2, 0.25) is 10.0 Å². The average molecular weight is 301 g/mol. The molecular weight excluding hydrogens is 289 g/mol. The summed E-state index contributed by atoms with van der Waals surface area (Å²) in [6.07, 6.45) is 0. The Morgan fingerprint density at radius 2 is 1.72 bits per heavy atom. The van der Waals surface area contributed by atoms with Crippen molar-refractivity contribution >= 4 is 20.1 Å². The predicted molar refractivity (Wildman–Crippen MR) is 60.7 cm³/mol. The van der Waals surface area contributed by atoms with E-state index < -0.39 is 25.9 Å². The molecule has 18 heavy (non-hydrogen) atoms. The third-order valence-electron chi connectivity index (χ3n) is 2.02. The van der Waals surface area contributed by atoms with E-state index in [1.165, 1.54) is 38.4 Å². The summed E-state index contributed by atoms with van der Waals surface area (Å²) in [5.74, 6) is -0.718. The molecule has 9 heteroatoms. The van der Waals surface area contributed by atoms with Crippen molar-refractivity contribution in [2.45, 2.75) is 10.6 Å². The average Bonchev–Trinajstić information content (AvgIpc) is 2.15. The molecule has 0 radical (unpaired) electrons. The molecule has 0 aliphatic rings. The number of nitrogens with zero attached hydrogens (tertiary/aromatic N) is 1. The summed E-state index contributed by atoms with van der Waals surface area (Å²) in [6.45, 7) is 0. The van der Waals surface area contributed by atoms with Gasteiger partial charge in [-0.3, -0.25) is 0 Å². The number of hydrogen-bond donors (Lipinski definition) is 0. The minimum atomic E-state index is -4.42. The summed E-state index contributed by atoms with van der Waals surface area (Å²) in [7, 11) is -5.30. The molecule has 0 atom stereocenters. The Kier molecular flexibility index (Phi) is 6.48. The van der Waals surface area contributed by atoms with Crippen LogP contribution in [-0.4, -0.2) is 39.8 Å². The summed E-state index contributed by atoms with van der Waals surface area (Å²) < 4.78 is 56.2. The standard InChI is InChI=1S/C9H13NO5S2.Na/c1-10(2)17(14,15)9-5-3-4-8(6-9)7-16(11,12)13;/h3-6H,7H2,1-2H3,(H,11,12,13);/q;+1/p-1. The first-order valence-electron chi connectivity index (χ1n) is 4.58. The molecule has 0 N–H and O–H groups in total. The van der Waals surface area contributed by atoms with Gasteiger partial charge in [-0.1, -0.05) is 12.1 Å². The van der Waals surface area contributed by atoms with Crippen molar-refractivity contribution in [1.29, 1.82) is 0 Å². The van der Waals surface area contributed by atoms with Crippen LogP contribution in [0, 0.1) is 0 Å². The Hall–Kier alpha value is 0.0400. The van der Waals surface area contributed by atoms with Crippen LogP contribution in [0.15, 0.2) is 29.2 Å². The zero-order valence-electron chi connectivity index (χ0n) is 10.3. The van der Waals surface area contributed by atoms with E-state index in [4.69, 9.17) is 0 Å². The van der Waals surface area contributed by atoms with Crippen molar-refractivity contribution in [3.8, 4) is 0 Å². The number of hydrogen-bond acceptors (Lipinski definition) is 5. The third-order valence-corrected chi connectivity index (χ3v) is 4.52. The third kappa shape index (κ3) is 4.96. The molecule has 1 aromatic rings. The first-order chi connectivity index (χ1) is 7.63. The van der Waals surface area contributed by atoms with Crippen molar-refractivity contribution in [2.24, 2.45) is 0 Å². The quantitative estimate of drug-likeness (QED) is 0.436. The summed E-state index contributed by atoms with van der Waals surface area (Å²) in [6, 6.07) is 5.32. The van der Waals surface area contributed by atoms with Crippen molar-refractivity contribution in [1.82, 2.24) is 4.31 Å². The zero-order chi connectivity index (χ0) is 13.3. The van der Waals surface area contributed by atoms with Crippen LogP contribution < -0.4 is 29.6 Å². The van der Waals surface area contributed by atoms with Gasteiger partial charge in [0.1, 0.15) is 0 Å². The van der Waals surface area contributed by atoms with Crippen molar-refractivity contribution in [2.75, 3.05) is 14.1 Å². The monoisotopic (exact) mass is 301 g/mol. The van der Waals surface area contributed by atoms with E-state index in [-0.39, 0.29) is 40.0 Å². The van der Waals surface area contributed by atoms with Gasteiger partial charge in [0.05, 0.1) is 20.8 Å². The fourth-order valence-electron chi connectivity index (χ4n) is 1.21. The van der Waals surface area contributed by atoms with Gasteiger partial charge >= 0.3 is 29.6 Å². The van der Waals surface area contributed by atoms with Crippen LogP contribution in [0.3, 0.4) is 0 Å². The Labute approximate surface area is 129 Å². The Balaban J connectivity index is 0.00000289. The molecular formula is C9H12NNaO5S2. The van der Waals surface area contributed by atoms with Crippen LogP contribution in [-0.2, 0) is 25.9 Å². The molecule has 1 rings (SSSR count). The van der Waals surface area contributed by atoms with Gasteiger partial charge in [-0.25, -0.2) is 21.1 Å². The Bertz CT molecular complexity index is 610. The van der Waals surface area contributed by atoms with Crippen LogP contribution in [0.2, 0.25) is 0 Å². The maximum atomic E-state index is 11.7. The molecule has 0 aromatic heterocycles. The fraction of sp³-hybridized carbons (Fsp3) is 0.333. The smallest absolute Gasteiger partial charge is 0.748 e. The summed E-state index contributed by atoms with van der Waals surface area (Å²) in [5, 5.41) is 0. The Morgan fingerprint density at radius 1 is 1.17 bits per heavy atom. The van der Waals surface area contributed by atoms with E-state index in [9.17, 15) is 21.4 Å². The number of sulfonamides is 1. The fourth-order valence-corrected chi connectivity index (χ4v) is 2.77. The molecule has 0 amide bonds. The molecule has 0 aliphatic heterocycles. The van der Waals surface area contributed by atoms with Gasteiger partial charge in [0.15, 0.2) is 0 Å². The molecule has 0 saturated heterocycles. The van der Waals surface area contributed by atoms with Crippen LogP contribution in [0.1, 0.15) is 5.56 Å². The van der Waals surface area contributed by atoms with Gasteiger partial charge in [-0.2, -0.15) is 0 Å². The second kappa shape index (κ2) is 6.47. The van der Waals surface area contributed by atoms with E-state index in [2.05, 4.69) is 0 Å². The number of benzene rings is 1. The van der Waals surface area contributed by atoms with Gasteiger partial charge in [0.25, 0.3) is 0 Å². The van der Waals surface area contributed by atoms with Crippen LogP contribution in [0.25, 0.3) is 0 Å². The maximum Gasteiger partial charge on any atom is 1.00 e. The maximum absolute atomic E-state index is 11.7. The van der Waals surface area contributed by atoms with Crippen LogP contribution >= 0.6 is 0 Å². The summed E-state index contributed by atoms with van der Waals surface area (Å²) in [5.41, 5.74) is 0.155. The molecule has 1 aromatic carbocycles. The van der Waals surface area contributed by atoms with Gasteiger partial charge in [0, 0.05) is 14.1 Å². The minimum Gasteiger partial charge on any atom is -0.748 e. The first-order valence-corrected chi connectivity index (χ1v) is 7.60. The van der Waals surface area contributed by atoms with Crippen molar-refractivity contribution in [3.63, 3.8) is 0 Å². The van der Waals surface area contributed by atoms with E-state index in [0.29, 0.717) is 0 Å². The van der Waals surface area contributed by atoms with Gasteiger partial charge in [-0.15, -0.1) is 0 Å². The van der Waals surface area contributed by atoms with Crippen molar-refractivity contribution < 1.29 is 50.9 Å². The molecule has 0 spiro atoms. The van der Waals surface area contributed by atoms with Crippen LogP contribution in [0.4, 0.5) is 0 Å². The van der Waals surface area contributed by atoms with Gasteiger partial charge in [-0.05, 0) is 17.7 Å². The second-order valence-corrected chi connectivity index (χ2v) is 7.19. The zero-order valence-corrected chi connectivity index (χ0v) is 14.0.